The van der Waals surface area contributed by atoms with E-state index in [1.54, 1.807) is 79.4 Å². The summed E-state index contributed by atoms with van der Waals surface area (Å²) in [4.78, 5) is 108. The maximum absolute atomic E-state index is 12.1. The second-order valence-corrected chi connectivity index (χ2v) is 51.8. The molecule has 0 saturated heterocycles. The normalized spacial score (nSPS) is 17.2. The van der Waals surface area contributed by atoms with E-state index in [1.807, 2.05) is 60.6 Å². The number of halogens is 3. The van der Waals surface area contributed by atoms with Crippen molar-refractivity contribution in [1.82, 2.24) is 0 Å². The molecule has 0 aromatic rings. The van der Waals surface area contributed by atoms with Gasteiger partial charge >= 0.3 is 98.4 Å². The smallest absolute Gasteiger partial charge is 0.186 e. The van der Waals surface area contributed by atoms with E-state index < -0.39 is 29.8 Å². The van der Waals surface area contributed by atoms with Crippen LogP contribution in [-0.2, 0) is 81.1 Å². The second kappa shape index (κ2) is 73.0. The van der Waals surface area contributed by atoms with Crippen LogP contribution in [0.1, 0.15) is 403 Å². The molecule has 3 atom stereocenters. The van der Waals surface area contributed by atoms with Crippen molar-refractivity contribution in [2.45, 2.75) is 403 Å². The summed E-state index contributed by atoms with van der Waals surface area (Å²) in [6.07, 6.45) is 41.3. The first-order valence-corrected chi connectivity index (χ1v) is 57.0. The number of hydrogen-bond donors (Lipinski definition) is 0. The summed E-state index contributed by atoms with van der Waals surface area (Å²) in [5, 5.41) is 0. The second-order valence-electron chi connectivity index (χ2n) is 35.5. The monoisotopic (exact) mass is 2070 g/mol. The molecule has 17 nitrogen and oxygen atoms in total. The minimum Gasteiger partial charge on any atom is -0.186 e. The largest absolute Gasteiger partial charge is 0.373 e. The van der Waals surface area contributed by atoms with Crippen LogP contribution in [-0.4, -0.2) is 100 Å². The fraction of sp³-hybridized carbons (Fsp3) is 0.738. The molecule has 20 heteroatoms. The van der Waals surface area contributed by atoms with Crippen molar-refractivity contribution in [2.75, 3.05) is 46.2 Å². The molecule has 5 aliphatic rings. The van der Waals surface area contributed by atoms with Crippen LogP contribution >= 0.6 is 37.2 Å². The SMILES string of the molecule is C.C.C.C.CC1=C(CCC(C)C=O)C(C)(C)CCC1.CCCC(=O)OCC.CCOC(=O)/C=C/C(C)CCC1=C(C)CCCC1(C)C.CCOC(=O)C(/C=C(\C)CCC1=C(C)CCCC1(C)C)C(=O)OCC.CCOC(=O)C(=CC(C)CCC1=C(C)CCCC1(C)C)C(=O)OCC.CCOC(=O)C/C=C(\C)CCC1=C(C)CCCC1(C)C.I[I-]I.O=C=O. The zero-order chi connectivity index (χ0) is 91.7. The Morgan fingerprint density at radius 2 is 0.707 bits per heavy atom. The van der Waals surface area contributed by atoms with E-state index in [0.29, 0.717) is 68.1 Å². The van der Waals surface area contributed by atoms with Crippen molar-refractivity contribution >= 4 is 91.5 Å². The van der Waals surface area contributed by atoms with Gasteiger partial charge in [0.1, 0.15) is 11.9 Å². The van der Waals surface area contributed by atoms with Crippen LogP contribution in [0.3, 0.4) is 0 Å². The molecule has 0 aromatic carbocycles. The number of esters is 7. The predicted molar refractivity (Wildman–Crippen MR) is 526 cm³/mol. The summed E-state index contributed by atoms with van der Waals surface area (Å²) in [7, 11) is 0. The molecule has 0 N–H and O–H groups in total. The van der Waals surface area contributed by atoms with Gasteiger partial charge in [0.25, 0.3) is 0 Å². The van der Waals surface area contributed by atoms with E-state index in [0.717, 1.165) is 82.5 Å². The third-order valence-corrected chi connectivity index (χ3v) is 23.3. The zero-order valence-corrected chi connectivity index (χ0v) is 86.1. The van der Waals surface area contributed by atoms with Gasteiger partial charge < -0.3 is 38.0 Å². The van der Waals surface area contributed by atoms with E-state index in [2.05, 4.69) is 160 Å². The Balaban J connectivity index is -0.000000263. The van der Waals surface area contributed by atoms with Crippen LogP contribution in [0.25, 0.3) is 0 Å². The van der Waals surface area contributed by atoms with E-state index in [1.165, 1.54) is 124 Å². The van der Waals surface area contributed by atoms with Crippen LogP contribution < -0.4 is 13.3 Å². The molecule has 0 aromatic heterocycles. The quantitative estimate of drug-likeness (QED) is 0.00838. The van der Waals surface area contributed by atoms with Gasteiger partial charge in [0.05, 0.1) is 52.7 Å². The number of rotatable bonds is 35. The summed E-state index contributed by atoms with van der Waals surface area (Å²) in [5.74, 6) is -2.94. The van der Waals surface area contributed by atoms with E-state index in [-0.39, 0.29) is 108 Å². The molecular weight excluding hydrogens is 1890 g/mol. The Bertz CT molecular complexity index is 3350. The molecule has 0 fully saturated rings. The van der Waals surface area contributed by atoms with Gasteiger partial charge in [-0.2, -0.15) is 9.59 Å². The molecule has 0 radical (unpaired) electrons. The number of carbonyl (C=O) groups is 8. The molecular formula is C103H180I3O17-. The van der Waals surface area contributed by atoms with Crippen molar-refractivity contribution in [2.24, 2.45) is 50.7 Å². The van der Waals surface area contributed by atoms with Crippen LogP contribution in [0.4, 0.5) is 0 Å². The molecule has 0 spiro atoms. The van der Waals surface area contributed by atoms with Gasteiger partial charge in [-0.05, 0) is 303 Å². The maximum Gasteiger partial charge on any atom is 0.373 e. The number of carbonyl (C=O) groups excluding carboxylic acids is 10. The van der Waals surface area contributed by atoms with Gasteiger partial charge in [-0.1, -0.05) is 218 Å². The van der Waals surface area contributed by atoms with E-state index in [9.17, 15) is 38.4 Å². The first kappa shape index (κ1) is 131. The molecule has 0 heterocycles. The molecule has 0 amide bonds. The third-order valence-electron chi connectivity index (χ3n) is 23.3. The van der Waals surface area contributed by atoms with Crippen LogP contribution in [0.15, 0.2) is 103 Å². The minimum absolute atomic E-state index is 0. The first-order valence-electron chi connectivity index (χ1n) is 44.4. The van der Waals surface area contributed by atoms with Gasteiger partial charge in [0, 0.05) is 18.4 Å². The molecule has 5 aliphatic carbocycles. The fourth-order valence-corrected chi connectivity index (χ4v) is 16.6. The predicted octanol–water partition coefficient (Wildman–Crippen LogP) is 26.4. The molecule has 0 bridgehead atoms. The van der Waals surface area contributed by atoms with Crippen molar-refractivity contribution in [3.63, 3.8) is 0 Å². The number of allylic oxidation sites excluding steroid dienone is 14. The van der Waals surface area contributed by atoms with Crippen LogP contribution in [0.5, 0.6) is 0 Å². The topological polar surface area (TPSA) is 235 Å². The van der Waals surface area contributed by atoms with Gasteiger partial charge in [-0.25, -0.2) is 14.4 Å². The average Bonchev–Trinajstić information content (AvgIpc) is 0.839. The van der Waals surface area contributed by atoms with Crippen molar-refractivity contribution in [3.8, 4) is 0 Å². The summed E-state index contributed by atoms with van der Waals surface area (Å²) < 4.78 is 34.5. The van der Waals surface area contributed by atoms with Gasteiger partial charge in [0.15, 0.2) is 5.92 Å². The molecule has 5 rings (SSSR count). The molecule has 0 aliphatic heterocycles. The standard InChI is InChI=1S/2C21H34O4.2C18H30O2.C14H24O.C6H12O2.CO2.4CH4.I3/c2*1-7-24-19(22)17(20(23)25-8-2)14-15(3)11-12-18-16(4)10-9-13-21(18,5)6;2*1-6-20-17(19)12-10-14(2)9-11-16-15(3)8-7-13-18(16,4)5;1-11(10-15)7-8-13-12(2)6-5-9-14(13,3)4;1-3-5-6(7)8-4-2;2-1-3;;;;;1-3-2/h14,17H,7-13H2,1-6H3;14-15H,7-13H2,1-6H3;10H,6-9,11-13H2,1-5H3;10,12,14H,6-9,11,13H2,1-5H3;10-11H,5-9H2,1-4H3;3-5H2,1-2H3;;4*1H4;/q;;;;;;;;;;;-1/b15-14+;;14-10+;12-10+;;;;;;;;. The minimum atomic E-state index is -0.964. The first-order chi connectivity index (χ1) is 55.8. The summed E-state index contributed by atoms with van der Waals surface area (Å²) in [6, 6.07) is 0. The number of hydrogen-bond acceptors (Lipinski definition) is 17. The summed E-state index contributed by atoms with van der Waals surface area (Å²) in [6.45, 7) is 61.7. The Labute approximate surface area is 782 Å². The Morgan fingerprint density at radius 3 is 1.01 bits per heavy atom. The Morgan fingerprint density at radius 1 is 0.415 bits per heavy atom. The number of aldehydes is 1. The van der Waals surface area contributed by atoms with Gasteiger partial charge in [-0.3, -0.25) is 19.2 Å². The molecule has 3 unspecified atom stereocenters. The van der Waals surface area contributed by atoms with Gasteiger partial charge in [0.2, 0.25) is 0 Å². The third kappa shape index (κ3) is 57.0. The molecule has 716 valence electrons. The zero-order valence-electron chi connectivity index (χ0n) is 79.6. The number of ether oxygens (including phenoxy) is 7. The fourth-order valence-electron chi connectivity index (χ4n) is 16.6. The Hall–Kier alpha value is -4.81. The average molecular weight is 2070 g/mol. The van der Waals surface area contributed by atoms with E-state index >= 15 is 0 Å². The van der Waals surface area contributed by atoms with Crippen LogP contribution in [0.2, 0.25) is 0 Å². The van der Waals surface area contributed by atoms with E-state index in [4.69, 9.17) is 38.0 Å². The van der Waals surface area contributed by atoms with Crippen molar-refractivity contribution in [1.29, 1.82) is 0 Å². The summed E-state index contributed by atoms with van der Waals surface area (Å²) >= 11 is 5.30. The molecule has 0 saturated carbocycles. The van der Waals surface area contributed by atoms with Crippen molar-refractivity contribution < 1.29 is 94.4 Å². The maximum atomic E-state index is 12.1. The Kier molecular flexibility index (Phi) is 77.9. The van der Waals surface area contributed by atoms with Crippen molar-refractivity contribution in [3.05, 3.63) is 103 Å². The molecule has 123 heavy (non-hydrogen) atoms. The summed E-state index contributed by atoms with van der Waals surface area (Å²) in [5.41, 5.74) is 19.6. The van der Waals surface area contributed by atoms with Crippen LogP contribution in [0, 0.1) is 50.7 Å². The van der Waals surface area contributed by atoms with Gasteiger partial charge in [-0.15, -0.1) is 0 Å².